The lowest BCUT2D eigenvalue weighted by molar-refractivity contribution is 0.0786. The van der Waals surface area contributed by atoms with Crippen molar-refractivity contribution in [3.8, 4) is 0 Å². The van der Waals surface area contributed by atoms with Crippen LogP contribution in [-0.4, -0.2) is 50.2 Å². The molecule has 2 aliphatic heterocycles. The van der Waals surface area contributed by atoms with Gasteiger partial charge in [-0.15, -0.1) is 0 Å². The summed E-state index contributed by atoms with van der Waals surface area (Å²) in [6, 6.07) is 16.0. The quantitative estimate of drug-likeness (QED) is 0.801. The Balaban J connectivity index is 1.44. The van der Waals surface area contributed by atoms with Gasteiger partial charge in [0.2, 0.25) is 0 Å². The Bertz CT molecular complexity index is 787. The van der Waals surface area contributed by atoms with E-state index in [2.05, 4.69) is 23.1 Å². The van der Waals surface area contributed by atoms with Crippen molar-refractivity contribution >= 4 is 23.2 Å². The summed E-state index contributed by atoms with van der Waals surface area (Å²) in [5, 5.41) is 0.765. The maximum absolute atomic E-state index is 13.2. The Kier molecular flexibility index (Phi) is 5.65. The molecule has 27 heavy (non-hydrogen) atoms. The van der Waals surface area contributed by atoms with Crippen LogP contribution in [0.4, 0.5) is 5.69 Å². The van der Waals surface area contributed by atoms with Crippen molar-refractivity contribution in [3.63, 3.8) is 0 Å². The van der Waals surface area contributed by atoms with Crippen molar-refractivity contribution in [2.75, 3.05) is 44.3 Å². The van der Waals surface area contributed by atoms with E-state index >= 15 is 0 Å². The fourth-order valence-electron chi connectivity index (χ4n) is 4.04. The molecule has 4 nitrogen and oxygen atoms in total. The van der Waals surface area contributed by atoms with Gasteiger partial charge >= 0.3 is 0 Å². The Morgan fingerprint density at radius 1 is 1.04 bits per heavy atom. The van der Waals surface area contributed by atoms with Crippen LogP contribution in [0.3, 0.4) is 0 Å². The highest BCUT2D eigenvalue weighted by Crippen LogP contribution is 2.27. The monoisotopic (exact) mass is 384 g/mol. The lowest BCUT2D eigenvalue weighted by Crippen LogP contribution is -2.38. The zero-order valence-electron chi connectivity index (χ0n) is 15.4. The van der Waals surface area contributed by atoms with Crippen molar-refractivity contribution in [2.45, 2.75) is 12.8 Å². The van der Waals surface area contributed by atoms with Gasteiger partial charge in [-0.3, -0.25) is 4.79 Å². The molecule has 0 N–H and O–H groups in total. The number of ether oxygens (including phenoxy) is 1. The fourth-order valence-corrected chi connectivity index (χ4v) is 4.17. The zero-order chi connectivity index (χ0) is 18.6. The number of morpholine rings is 1. The number of nitrogens with zero attached hydrogens (tertiary/aromatic N) is 2. The summed E-state index contributed by atoms with van der Waals surface area (Å²) >= 11 is 5.98. The van der Waals surface area contributed by atoms with Crippen LogP contribution in [0.1, 0.15) is 22.3 Å². The first-order valence-corrected chi connectivity index (χ1v) is 10.0. The Morgan fingerprint density at radius 2 is 1.78 bits per heavy atom. The summed E-state index contributed by atoms with van der Waals surface area (Å²) in [6.45, 7) is 4.76. The first-order chi connectivity index (χ1) is 13.2. The van der Waals surface area contributed by atoms with Gasteiger partial charge in [0.25, 0.3) is 5.91 Å². The predicted octanol–water partition coefficient (Wildman–Crippen LogP) is 3.88. The van der Waals surface area contributed by atoms with E-state index in [1.807, 2.05) is 35.2 Å². The molecule has 2 aliphatic rings. The molecule has 2 heterocycles. The van der Waals surface area contributed by atoms with E-state index in [4.69, 9.17) is 16.3 Å². The molecule has 1 amide bonds. The molecule has 2 aromatic carbocycles. The number of hydrogen-bond acceptors (Lipinski definition) is 3. The van der Waals surface area contributed by atoms with E-state index in [9.17, 15) is 4.79 Å². The molecule has 1 unspecified atom stereocenters. The molecular weight excluding hydrogens is 360 g/mol. The molecule has 1 atom stereocenters. The number of carbonyl (C=O) groups is 1. The fraction of sp³-hybridized carbons (Fsp3) is 0.409. The van der Waals surface area contributed by atoms with Crippen LogP contribution in [0, 0.1) is 5.92 Å². The SMILES string of the molecule is O=C(c1ccccc1N1CCOCC1)N1CCC(Cc2ccc(Cl)cc2)C1. The van der Waals surface area contributed by atoms with E-state index in [-0.39, 0.29) is 5.91 Å². The molecule has 2 aromatic rings. The molecule has 0 radical (unpaired) electrons. The summed E-state index contributed by atoms with van der Waals surface area (Å²) in [5.41, 5.74) is 3.13. The Morgan fingerprint density at radius 3 is 2.56 bits per heavy atom. The maximum Gasteiger partial charge on any atom is 0.255 e. The molecule has 2 saturated heterocycles. The standard InChI is InChI=1S/C22H25ClN2O2/c23-19-7-5-17(6-8-19)15-18-9-10-25(16-18)22(26)20-3-1-2-4-21(20)24-11-13-27-14-12-24/h1-8,18H,9-16H2. The average Bonchev–Trinajstić information content (AvgIpc) is 3.18. The van der Waals surface area contributed by atoms with Gasteiger partial charge < -0.3 is 14.5 Å². The minimum absolute atomic E-state index is 0.149. The maximum atomic E-state index is 13.2. The second kappa shape index (κ2) is 8.32. The van der Waals surface area contributed by atoms with Crippen LogP contribution in [0.5, 0.6) is 0 Å². The van der Waals surface area contributed by atoms with Crippen LogP contribution >= 0.6 is 11.6 Å². The van der Waals surface area contributed by atoms with E-state index in [0.29, 0.717) is 5.92 Å². The van der Waals surface area contributed by atoms with Crippen LogP contribution in [-0.2, 0) is 11.2 Å². The third kappa shape index (κ3) is 4.28. The van der Waals surface area contributed by atoms with Gasteiger partial charge in [-0.1, -0.05) is 35.9 Å². The molecule has 4 rings (SSSR count). The van der Waals surface area contributed by atoms with Gasteiger partial charge in [-0.25, -0.2) is 0 Å². The van der Waals surface area contributed by atoms with Crippen LogP contribution in [0.15, 0.2) is 48.5 Å². The number of halogens is 1. The smallest absolute Gasteiger partial charge is 0.255 e. The van der Waals surface area contributed by atoms with Gasteiger partial charge in [0.15, 0.2) is 0 Å². The molecule has 142 valence electrons. The molecular formula is C22H25ClN2O2. The van der Waals surface area contributed by atoms with E-state index in [1.54, 1.807) is 0 Å². The number of carbonyl (C=O) groups excluding carboxylic acids is 1. The average molecular weight is 385 g/mol. The number of rotatable bonds is 4. The summed E-state index contributed by atoms with van der Waals surface area (Å²) in [4.78, 5) is 17.5. The zero-order valence-corrected chi connectivity index (χ0v) is 16.2. The number of benzene rings is 2. The first kappa shape index (κ1) is 18.3. The van der Waals surface area contributed by atoms with E-state index < -0.39 is 0 Å². The summed E-state index contributed by atoms with van der Waals surface area (Å²) in [7, 11) is 0. The molecule has 0 spiro atoms. The van der Waals surface area contributed by atoms with Crippen LogP contribution in [0.25, 0.3) is 0 Å². The van der Waals surface area contributed by atoms with E-state index in [1.165, 1.54) is 5.56 Å². The minimum Gasteiger partial charge on any atom is -0.378 e. The molecule has 0 aromatic heterocycles. The van der Waals surface area contributed by atoms with Crippen molar-refractivity contribution in [1.82, 2.24) is 4.90 Å². The lowest BCUT2D eigenvalue weighted by atomic mass is 9.99. The predicted molar refractivity (Wildman–Crippen MR) is 109 cm³/mol. The van der Waals surface area contributed by atoms with Gasteiger partial charge in [-0.05, 0) is 48.6 Å². The topological polar surface area (TPSA) is 32.8 Å². The highest BCUT2D eigenvalue weighted by atomic mass is 35.5. The van der Waals surface area contributed by atoms with Gasteiger partial charge in [0.05, 0.1) is 18.8 Å². The molecule has 5 heteroatoms. The highest BCUT2D eigenvalue weighted by Gasteiger charge is 2.29. The number of hydrogen-bond donors (Lipinski definition) is 0. The van der Waals surface area contributed by atoms with Gasteiger partial charge in [0.1, 0.15) is 0 Å². The third-order valence-electron chi connectivity index (χ3n) is 5.50. The van der Waals surface area contributed by atoms with Crippen molar-refractivity contribution in [3.05, 3.63) is 64.7 Å². The lowest BCUT2D eigenvalue weighted by Gasteiger charge is -2.31. The van der Waals surface area contributed by atoms with Crippen molar-refractivity contribution in [1.29, 1.82) is 0 Å². The molecule has 0 bridgehead atoms. The molecule has 0 aliphatic carbocycles. The molecule has 0 saturated carbocycles. The summed E-state index contributed by atoms with van der Waals surface area (Å²) in [5.74, 6) is 0.654. The number of likely N-dealkylation sites (tertiary alicyclic amines) is 1. The van der Waals surface area contributed by atoms with E-state index in [0.717, 1.165) is 68.5 Å². The normalized spacial score (nSPS) is 20.1. The van der Waals surface area contributed by atoms with Crippen LogP contribution < -0.4 is 4.90 Å². The number of para-hydroxylation sites is 1. The van der Waals surface area contributed by atoms with Gasteiger partial charge in [-0.2, -0.15) is 0 Å². The Hall–Kier alpha value is -2.04. The third-order valence-corrected chi connectivity index (χ3v) is 5.75. The van der Waals surface area contributed by atoms with Crippen molar-refractivity contribution in [2.24, 2.45) is 5.92 Å². The number of amides is 1. The van der Waals surface area contributed by atoms with Crippen LogP contribution in [0.2, 0.25) is 5.02 Å². The first-order valence-electron chi connectivity index (χ1n) is 9.66. The number of anilines is 1. The molecule has 2 fully saturated rings. The minimum atomic E-state index is 0.149. The highest BCUT2D eigenvalue weighted by molar-refractivity contribution is 6.30. The Labute approximate surface area is 165 Å². The summed E-state index contributed by atoms with van der Waals surface area (Å²) < 4.78 is 5.45. The summed E-state index contributed by atoms with van der Waals surface area (Å²) in [6.07, 6.45) is 2.04. The van der Waals surface area contributed by atoms with Crippen molar-refractivity contribution < 1.29 is 9.53 Å². The second-order valence-corrected chi connectivity index (χ2v) is 7.79. The second-order valence-electron chi connectivity index (χ2n) is 7.35. The largest absolute Gasteiger partial charge is 0.378 e. The van der Waals surface area contributed by atoms with Gasteiger partial charge in [0, 0.05) is 36.9 Å².